The predicted octanol–water partition coefficient (Wildman–Crippen LogP) is 2.13. The Kier molecular flexibility index (Phi) is 9.73. The molecule has 0 spiro atoms. The zero-order chi connectivity index (χ0) is 22.9. The van der Waals surface area contributed by atoms with Crippen molar-refractivity contribution >= 4 is 39.5 Å². The van der Waals surface area contributed by atoms with Crippen LogP contribution >= 0.6 is 11.6 Å². The molecule has 0 atom stereocenters. The summed E-state index contributed by atoms with van der Waals surface area (Å²) < 4.78 is 36.9. The van der Waals surface area contributed by atoms with Crippen LogP contribution < -0.4 is 5.32 Å². The molecule has 172 valence electrons. The molecule has 1 aliphatic rings. The predicted molar refractivity (Wildman–Crippen MR) is 113 cm³/mol. The van der Waals surface area contributed by atoms with E-state index in [1.807, 2.05) is 0 Å². The Labute approximate surface area is 187 Å². The Hall–Kier alpha value is -2.17. The molecule has 0 saturated carbocycles. The van der Waals surface area contributed by atoms with E-state index in [4.69, 9.17) is 21.1 Å². The maximum absolute atomic E-state index is 12.9. The second-order valence-electron chi connectivity index (χ2n) is 6.94. The lowest BCUT2D eigenvalue weighted by Gasteiger charge is -2.26. The van der Waals surface area contributed by atoms with Crippen LogP contribution in [-0.4, -0.2) is 63.4 Å². The van der Waals surface area contributed by atoms with E-state index < -0.39 is 28.5 Å². The second-order valence-corrected chi connectivity index (χ2v) is 9.26. The molecule has 0 radical (unpaired) electrons. The summed E-state index contributed by atoms with van der Waals surface area (Å²) in [4.78, 5) is 35.2. The Bertz CT molecular complexity index is 899. The number of sulfonamides is 1. The minimum absolute atomic E-state index is 0.0152. The minimum Gasteiger partial charge on any atom is -0.466 e. The van der Waals surface area contributed by atoms with Crippen molar-refractivity contribution in [2.75, 3.05) is 32.8 Å². The molecular formula is C20H27ClN2O7S. The standard InChI is InChI=1S/C20H27ClN2O7S/c1-2-29-19(25)7-6-10-22-18(24)14-30-20(26)15-8-9-16(21)17(13-15)31(27,28)23-11-4-3-5-12-23/h8-9,13H,2-7,10-12,14H2,1H3,(H,22,24). The van der Waals surface area contributed by atoms with E-state index in [9.17, 15) is 22.8 Å². The quantitative estimate of drug-likeness (QED) is 0.407. The molecule has 0 unspecified atom stereocenters. The van der Waals surface area contributed by atoms with E-state index in [1.54, 1.807) is 6.92 Å². The average molecular weight is 475 g/mol. The summed E-state index contributed by atoms with van der Waals surface area (Å²) in [5.74, 6) is -1.72. The Morgan fingerprint density at radius 1 is 1.13 bits per heavy atom. The normalized spacial score (nSPS) is 14.6. The molecule has 9 nitrogen and oxygen atoms in total. The summed E-state index contributed by atoms with van der Waals surface area (Å²) in [5, 5.41) is 2.54. The van der Waals surface area contributed by atoms with Gasteiger partial charge in [-0.1, -0.05) is 18.0 Å². The number of benzene rings is 1. The Morgan fingerprint density at radius 3 is 2.52 bits per heavy atom. The monoisotopic (exact) mass is 474 g/mol. The Morgan fingerprint density at radius 2 is 1.84 bits per heavy atom. The van der Waals surface area contributed by atoms with Gasteiger partial charge in [0.05, 0.1) is 17.2 Å². The fraction of sp³-hybridized carbons (Fsp3) is 0.550. The van der Waals surface area contributed by atoms with Gasteiger partial charge < -0.3 is 14.8 Å². The van der Waals surface area contributed by atoms with Crippen LogP contribution in [0, 0.1) is 0 Å². The highest BCUT2D eigenvalue weighted by atomic mass is 35.5. The summed E-state index contributed by atoms with van der Waals surface area (Å²) in [6, 6.07) is 3.84. The number of esters is 2. The van der Waals surface area contributed by atoms with Crippen LogP contribution in [0.25, 0.3) is 0 Å². The van der Waals surface area contributed by atoms with Crippen molar-refractivity contribution in [2.45, 2.75) is 43.9 Å². The van der Waals surface area contributed by atoms with Crippen LogP contribution in [0.3, 0.4) is 0 Å². The van der Waals surface area contributed by atoms with Crippen molar-refractivity contribution in [1.82, 2.24) is 9.62 Å². The molecule has 1 aliphatic heterocycles. The van der Waals surface area contributed by atoms with Gasteiger partial charge in [0.1, 0.15) is 4.90 Å². The van der Waals surface area contributed by atoms with Gasteiger partial charge in [-0.3, -0.25) is 9.59 Å². The summed E-state index contributed by atoms with van der Waals surface area (Å²) >= 11 is 6.09. The molecule has 1 amide bonds. The maximum Gasteiger partial charge on any atom is 0.338 e. The lowest BCUT2D eigenvalue weighted by molar-refractivity contribution is -0.143. The molecule has 1 saturated heterocycles. The van der Waals surface area contributed by atoms with Gasteiger partial charge >= 0.3 is 11.9 Å². The fourth-order valence-electron chi connectivity index (χ4n) is 3.03. The van der Waals surface area contributed by atoms with Crippen LogP contribution in [0.5, 0.6) is 0 Å². The molecule has 1 fully saturated rings. The molecule has 0 aliphatic carbocycles. The van der Waals surface area contributed by atoms with E-state index in [2.05, 4.69) is 5.32 Å². The molecular weight excluding hydrogens is 448 g/mol. The minimum atomic E-state index is -3.83. The van der Waals surface area contributed by atoms with Crippen molar-refractivity contribution in [1.29, 1.82) is 0 Å². The molecule has 1 heterocycles. The number of hydrogen-bond acceptors (Lipinski definition) is 7. The average Bonchev–Trinajstić information content (AvgIpc) is 2.76. The first kappa shape index (κ1) is 25.1. The largest absolute Gasteiger partial charge is 0.466 e. The summed E-state index contributed by atoms with van der Waals surface area (Å²) in [6.07, 6.45) is 3.08. The van der Waals surface area contributed by atoms with E-state index in [0.29, 0.717) is 26.1 Å². The van der Waals surface area contributed by atoms with Crippen molar-refractivity contribution in [3.8, 4) is 0 Å². The first-order valence-electron chi connectivity index (χ1n) is 10.1. The SMILES string of the molecule is CCOC(=O)CCCNC(=O)COC(=O)c1ccc(Cl)c(S(=O)(=O)N2CCCCC2)c1. The number of amides is 1. The summed E-state index contributed by atoms with van der Waals surface area (Å²) in [7, 11) is -3.83. The van der Waals surface area contributed by atoms with E-state index in [1.165, 1.54) is 22.5 Å². The third-order valence-corrected chi connectivity index (χ3v) is 7.00. The smallest absolute Gasteiger partial charge is 0.338 e. The van der Waals surface area contributed by atoms with Gasteiger partial charge in [-0.25, -0.2) is 13.2 Å². The molecule has 1 N–H and O–H groups in total. The van der Waals surface area contributed by atoms with Gasteiger partial charge in [-0.2, -0.15) is 4.31 Å². The number of nitrogens with one attached hydrogen (secondary N) is 1. The second kappa shape index (κ2) is 12.0. The lowest BCUT2D eigenvalue weighted by Crippen LogP contribution is -2.35. The van der Waals surface area contributed by atoms with Crippen LogP contribution in [0.15, 0.2) is 23.1 Å². The molecule has 11 heteroatoms. The van der Waals surface area contributed by atoms with Gasteiger partial charge in [-0.15, -0.1) is 0 Å². The number of hydrogen-bond donors (Lipinski definition) is 1. The fourth-order valence-corrected chi connectivity index (χ4v) is 5.05. The first-order chi connectivity index (χ1) is 14.8. The molecule has 1 aromatic rings. The number of carbonyl (C=O) groups excluding carboxylic acids is 3. The van der Waals surface area contributed by atoms with Gasteiger partial charge in [0.2, 0.25) is 10.0 Å². The summed E-state index contributed by atoms with van der Waals surface area (Å²) in [5.41, 5.74) is -0.0184. The topological polar surface area (TPSA) is 119 Å². The number of rotatable bonds is 10. The number of carbonyl (C=O) groups is 3. The number of nitrogens with zero attached hydrogens (tertiary/aromatic N) is 1. The number of ether oxygens (including phenoxy) is 2. The molecule has 0 bridgehead atoms. The highest BCUT2D eigenvalue weighted by Gasteiger charge is 2.29. The van der Waals surface area contributed by atoms with E-state index >= 15 is 0 Å². The highest BCUT2D eigenvalue weighted by Crippen LogP contribution is 2.28. The summed E-state index contributed by atoms with van der Waals surface area (Å²) in [6.45, 7) is 2.52. The van der Waals surface area contributed by atoms with Crippen LogP contribution in [0.1, 0.15) is 49.4 Å². The van der Waals surface area contributed by atoms with E-state index in [0.717, 1.165) is 19.3 Å². The number of piperidine rings is 1. The van der Waals surface area contributed by atoms with Gasteiger partial charge in [0, 0.05) is 26.1 Å². The lowest BCUT2D eigenvalue weighted by atomic mass is 10.2. The van der Waals surface area contributed by atoms with Crippen molar-refractivity contribution in [3.05, 3.63) is 28.8 Å². The number of halogens is 1. The van der Waals surface area contributed by atoms with Gasteiger partial charge in [0.15, 0.2) is 6.61 Å². The Balaban J connectivity index is 1.90. The van der Waals surface area contributed by atoms with Crippen LogP contribution in [0.4, 0.5) is 0 Å². The van der Waals surface area contributed by atoms with Gasteiger partial charge in [0.25, 0.3) is 5.91 Å². The zero-order valence-corrected chi connectivity index (χ0v) is 19.0. The van der Waals surface area contributed by atoms with Crippen LogP contribution in [-0.2, 0) is 29.1 Å². The van der Waals surface area contributed by atoms with Crippen molar-refractivity contribution < 1.29 is 32.3 Å². The first-order valence-corrected chi connectivity index (χ1v) is 12.0. The van der Waals surface area contributed by atoms with Crippen molar-refractivity contribution in [2.24, 2.45) is 0 Å². The van der Waals surface area contributed by atoms with Crippen LogP contribution in [0.2, 0.25) is 5.02 Å². The third-order valence-electron chi connectivity index (χ3n) is 4.62. The molecule has 1 aromatic carbocycles. The van der Waals surface area contributed by atoms with Gasteiger partial charge in [-0.05, 0) is 44.4 Å². The molecule has 31 heavy (non-hydrogen) atoms. The molecule has 0 aromatic heterocycles. The van der Waals surface area contributed by atoms with Crippen molar-refractivity contribution in [3.63, 3.8) is 0 Å². The zero-order valence-electron chi connectivity index (χ0n) is 17.4. The molecule has 2 rings (SSSR count). The maximum atomic E-state index is 12.9. The van der Waals surface area contributed by atoms with E-state index in [-0.39, 0.29) is 34.4 Å². The highest BCUT2D eigenvalue weighted by molar-refractivity contribution is 7.89. The third kappa shape index (κ3) is 7.48.